The van der Waals surface area contributed by atoms with Crippen molar-refractivity contribution < 1.29 is 9.59 Å². The lowest BCUT2D eigenvalue weighted by Crippen LogP contribution is -2.43. The highest BCUT2D eigenvalue weighted by atomic mass is 16.2. The predicted molar refractivity (Wildman–Crippen MR) is 123 cm³/mol. The largest absolute Gasteiger partial charge is 0.374 e. The van der Waals surface area contributed by atoms with Gasteiger partial charge in [-0.2, -0.15) is 0 Å². The first-order chi connectivity index (χ1) is 15.1. The molecular formula is C25H32N4O2. The highest BCUT2D eigenvalue weighted by molar-refractivity contribution is 6.35. The zero-order valence-corrected chi connectivity index (χ0v) is 18.3. The summed E-state index contributed by atoms with van der Waals surface area (Å²) < 4.78 is 0. The molecule has 2 N–H and O–H groups in total. The van der Waals surface area contributed by atoms with E-state index < -0.39 is 11.8 Å². The molecule has 0 aliphatic carbocycles. The zero-order valence-electron chi connectivity index (χ0n) is 18.3. The molecule has 2 aliphatic heterocycles. The molecular weight excluding hydrogens is 388 g/mol. The summed E-state index contributed by atoms with van der Waals surface area (Å²) in [6.45, 7) is 3.93. The summed E-state index contributed by atoms with van der Waals surface area (Å²) in [5.41, 5.74) is 4.88. The molecule has 2 amide bonds. The van der Waals surface area contributed by atoms with Gasteiger partial charge in [0, 0.05) is 32.4 Å². The van der Waals surface area contributed by atoms with Crippen molar-refractivity contribution in [1.82, 2.24) is 15.5 Å². The summed E-state index contributed by atoms with van der Waals surface area (Å²) in [5, 5.41) is 5.59. The number of fused-ring (bicyclic) bond motifs is 1. The van der Waals surface area contributed by atoms with E-state index in [1.165, 1.54) is 36.1 Å². The standard InChI is InChI=1S/C25H32N4O2/c1-28-13-7-10-20-16-21(11-12-22(20)28)23(29-14-5-6-15-29)18-27-25(31)24(30)26-17-19-8-3-2-4-9-19/h2-4,8-9,11-12,16,23H,5-7,10,13-15,17-18H2,1H3,(H,26,30)(H,27,31). The van der Waals surface area contributed by atoms with Crippen LogP contribution in [0.5, 0.6) is 0 Å². The maximum atomic E-state index is 12.4. The van der Waals surface area contributed by atoms with Crippen molar-refractivity contribution in [3.8, 4) is 0 Å². The van der Waals surface area contributed by atoms with Crippen LogP contribution in [0.15, 0.2) is 48.5 Å². The lowest BCUT2D eigenvalue weighted by atomic mass is 9.96. The number of hydrogen-bond acceptors (Lipinski definition) is 4. The molecule has 31 heavy (non-hydrogen) atoms. The van der Waals surface area contributed by atoms with E-state index in [9.17, 15) is 9.59 Å². The molecule has 6 nitrogen and oxygen atoms in total. The Morgan fingerprint density at radius 3 is 2.45 bits per heavy atom. The number of carbonyl (C=O) groups is 2. The summed E-state index contributed by atoms with van der Waals surface area (Å²) in [5.74, 6) is -1.16. The first kappa shape index (κ1) is 21.4. The molecule has 2 aromatic carbocycles. The van der Waals surface area contributed by atoms with Gasteiger partial charge in [0.2, 0.25) is 0 Å². The fourth-order valence-electron chi connectivity index (χ4n) is 4.65. The number of hydrogen-bond donors (Lipinski definition) is 2. The van der Waals surface area contributed by atoms with Crippen molar-refractivity contribution in [2.75, 3.05) is 38.1 Å². The third-order valence-corrected chi connectivity index (χ3v) is 6.38. The van der Waals surface area contributed by atoms with E-state index in [1.54, 1.807) is 0 Å². The van der Waals surface area contributed by atoms with Crippen molar-refractivity contribution in [2.24, 2.45) is 0 Å². The number of likely N-dealkylation sites (tertiary alicyclic amines) is 1. The normalized spacial score (nSPS) is 17.1. The first-order valence-electron chi connectivity index (χ1n) is 11.3. The average Bonchev–Trinajstić information content (AvgIpc) is 3.33. The van der Waals surface area contributed by atoms with Gasteiger partial charge in [-0.3, -0.25) is 14.5 Å². The Kier molecular flexibility index (Phi) is 6.87. The van der Waals surface area contributed by atoms with Gasteiger partial charge in [0.15, 0.2) is 0 Å². The topological polar surface area (TPSA) is 64.7 Å². The minimum Gasteiger partial charge on any atom is -0.374 e. The number of aryl methyl sites for hydroxylation is 1. The van der Waals surface area contributed by atoms with Gasteiger partial charge in [-0.15, -0.1) is 0 Å². The molecule has 1 unspecified atom stereocenters. The molecule has 0 radical (unpaired) electrons. The number of rotatable bonds is 6. The molecule has 0 aromatic heterocycles. The summed E-state index contributed by atoms with van der Waals surface area (Å²) in [7, 11) is 2.14. The van der Waals surface area contributed by atoms with E-state index in [2.05, 4.69) is 45.7 Å². The van der Waals surface area contributed by atoms with Gasteiger partial charge in [0.1, 0.15) is 0 Å². The number of anilines is 1. The molecule has 1 fully saturated rings. The Balaban J connectivity index is 1.40. The monoisotopic (exact) mass is 420 g/mol. The van der Waals surface area contributed by atoms with E-state index in [0.717, 1.165) is 31.6 Å². The molecule has 0 bridgehead atoms. The van der Waals surface area contributed by atoms with Gasteiger partial charge in [-0.1, -0.05) is 42.5 Å². The number of nitrogens with one attached hydrogen (secondary N) is 2. The van der Waals surface area contributed by atoms with E-state index in [-0.39, 0.29) is 6.04 Å². The Hall–Kier alpha value is -2.86. The lowest BCUT2D eigenvalue weighted by Gasteiger charge is -2.31. The minimum absolute atomic E-state index is 0.0888. The Morgan fingerprint density at radius 2 is 1.68 bits per heavy atom. The molecule has 0 spiro atoms. The van der Waals surface area contributed by atoms with Gasteiger partial charge in [0.05, 0.1) is 6.04 Å². The van der Waals surface area contributed by atoms with E-state index >= 15 is 0 Å². The summed E-state index contributed by atoms with van der Waals surface area (Å²) in [6, 6.07) is 16.4. The molecule has 2 aliphatic rings. The van der Waals surface area contributed by atoms with Crippen LogP contribution in [-0.2, 0) is 22.6 Å². The maximum absolute atomic E-state index is 12.4. The van der Waals surface area contributed by atoms with Crippen LogP contribution in [0.2, 0.25) is 0 Å². The molecule has 1 saturated heterocycles. The van der Waals surface area contributed by atoms with Crippen LogP contribution in [0.4, 0.5) is 5.69 Å². The molecule has 2 heterocycles. The van der Waals surface area contributed by atoms with Crippen LogP contribution in [0.1, 0.15) is 42.0 Å². The highest BCUT2D eigenvalue weighted by Crippen LogP contribution is 2.31. The molecule has 6 heteroatoms. The molecule has 4 rings (SSSR count). The fraction of sp³-hybridized carbons (Fsp3) is 0.440. The zero-order chi connectivity index (χ0) is 21.6. The lowest BCUT2D eigenvalue weighted by molar-refractivity contribution is -0.139. The molecule has 164 valence electrons. The number of amides is 2. The van der Waals surface area contributed by atoms with Crippen LogP contribution in [-0.4, -0.2) is 49.9 Å². The second-order valence-electron chi connectivity index (χ2n) is 8.55. The summed E-state index contributed by atoms with van der Waals surface area (Å²) in [6.07, 6.45) is 4.61. The van der Waals surface area contributed by atoms with Crippen molar-refractivity contribution in [1.29, 1.82) is 0 Å². The van der Waals surface area contributed by atoms with Gasteiger partial charge in [-0.05, 0) is 61.5 Å². The van der Waals surface area contributed by atoms with Gasteiger partial charge < -0.3 is 15.5 Å². The van der Waals surface area contributed by atoms with Gasteiger partial charge in [-0.25, -0.2) is 0 Å². The van der Waals surface area contributed by atoms with Crippen molar-refractivity contribution >= 4 is 17.5 Å². The molecule has 0 saturated carbocycles. The van der Waals surface area contributed by atoms with Crippen molar-refractivity contribution in [3.63, 3.8) is 0 Å². The van der Waals surface area contributed by atoms with Crippen LogP contribution in [0.25, 0.3) is 0 Å². The Labute approximate surface area is 184 Å². The quantitative estimate of drug-likeness (QED) is 0.706. The third-order valence-electron chi connectivity index (χ3n) is 6.38. The van der Waals surface area contributed by atoms with Gasteiger partial charge >= 0.3 is 11.8 Å². The third kappa shape index (κ3) is 5.25. The Morgan fingerprint density at radius 1 is 0.935 bits per heavy atom. The van der Waals surface area contributed by atoms with Crippen LogP contribution in [0, 0.1) is 0 Å². The summed E-state index contributed by atoms with van der Waals surface area (Å²) >= 11 is 0. The molecule has 2 aromatic rings. The minimum atomic E-state index is -0.587. The van der Waals surface area contributed by atoms with Crippen molar-refractivity contribution in [2.45, 2.75) is 38.3 Å². The average molecular weight is 421 g/mol. The maximum Gasteiger partial charge on any atom is 0.309 e. The van der Waals surface area contributed by atoms with Crippen molar-refractivity contribution in [3.05, 3.63) is 65.2 Å². The predicted octanol–water partition coefficient (Wildman–Crippen LogP) is 2.64. The van der Waals surface area contributed by atoms with E-state index in [1.807, 2.05) is 30.3 Å². The van der Waals surface area contributed by atoms with Crippen LogP contribution in [0.3, 0.4) is 0 Å². The highest BCUT2D eigenvalue weighted by Gasteiger charge is 2.26. The van der Waals surface area contributed by atoms with E-state index in [4.69, 9.17) is 0 Å². The SMILES string of the molecule is CN1CCCc2cc(C(CNC(=O)C(=O)NCc3ccccc3)N3CCCC3)ccc21. The number of benzene rings is 2. The van der Waals surface area contributed by atoms with Gasteiger partial charge in [0.25, 0.3) is 0 Å². The van der Waals surface area contributed by atoms with Crippen LogP contribution < -0.4 is 15.5 Å². The second kappa shape index (κ2) is 9.96. The van der Waals surface area contributed by atoms with Crippen LogP contribution >= 0.6 is 0 Å². The second-order valence-corrected chi connectivity index (χ2v) is 8.55. The number of carbonyl (C=O) groups excluding carboxylic acids is 2. The Bertz CT molecular complexity index is 909. The summed E-state index contributed by atoms with van der Waals surface area (Å²) in [4.78, 5) is 29.5. The molecule has 1 atom stereocenters. The van der Waals surface area contributed by atoms with E-state index in [0.29, 0.717) is 13.1 Å². The number of nitrogens with zero attached hydrogens (tertiary/aromatic N) is 2. The fourth-order valence-corrected chi connectivity index (χ4v) is 4.65. The first-order valence-corrected chi connectivity index (χ1v) is 11.3. The smallest absolute Gasteiger partial charge is 0.309 e.